The van der Waals surface area contributed by atoms with E-state index in [9.17, 15) is 18.4 Å². The second-order valence-electron chi connectivity index (χ2n) is 7.32. The van der Waals surface area contributed by atoms with E-state index in [0.717, 1.165) is 41.4 Å². The highest BCUT2D eigenvalue weighted by Crippen LogP contribution is 2.34. The molecule has 2 heterocycles. The van der Waals surface area contributed by atoms with Crippen LogP contribution in [0, 0.1) is 0 Å². The smallest absolute Gasteiger partial charge is 0.272 e. The second kappa shape index (κ2) is 8.10. The molecule has 1 saturated carbocycles. The predicted molar refractivity (Wildman–Crippen MR) is 103 cm³/mol. The normalized spacial score (nSPS) is 19.6. The van der Waals surface area contributed by atoms with E-state index >= 15 is 0 Å². The molecule has 1 aliphatic carbocycles. The van der Waals surface area contributed by atoms with Crippen LogP contribution < -0.4 is 10.9 Å². The fourth-order valence-corrected chi connectivity index (χ4v) is 3.94. The number of alkyl halides is 2. The van der Waals surface area contributed by atoms with Gasteiger partial charge in [-0.2, -0.15) is 10.2 Å². The molecule has 0 bridgehead atoms. The number of hydrogen-bond acceptors (Lipinski definition) is 4. The van der Waals surface area contributed by atoms with Crippen molar-refractivity contribution in [3.8, 4) is 0 Å². The zero-order valence-corrected chi connectivity index (χ0v) is 15.6. The van der Waals surface area contributed by atoms with Crippen LogP contribution in [0.1, 0.15) is 47.8 Å². The summed E-state index contributed by atoms with van der Waals surface area (Å²) in [4.78, 5) is 24.3. The molecule has 2 aromatic heterocycles. The monoisotopic (exact) mass is 401 g/mol. The van der Waals surface area contributed by atoms with E-state index in [1.54, 1.807) is 6.07 Å². The first-order chi connectivity index (χ1) is 14.0. The Labute approximate surface area is 165 Å². The minimum Gasteiger partial charge on any atom is -0.348 e. The first-order valence-electron chi connectivity index (χ1n) is 9.61. The average Bonchev–Trinajstić information content (AvgIpc) is 3.17. The maximum atomic E-state index is 12.4. The summed E-state index contributed by atoms with van der Waals surface area (Å²) in [7, 11) is 0. The van der Waals surface area contributed by atoms with Gasteiger partial charge in [-0.3, -0.25) is 14.3 Å². The molecular formula is C20H21F2N5O2. The van der Waals surface area contributed by atoms with Gasteiger partial charge in [-0.1, -0.05) is 18.2 Å². The van der Waals surface area contributed by atoms with Crippen molar-refractivity contribution in [2.75, 3.05) is 0 Å². The molecule has 0 saturated heterocycles. The topological polar surface area (TPSA) is 92.7 Å². The van der Waals surface area contributed by atoms with Crippen molar-refractivity contribution < 1.29 is 13.6 Å². The largest absolute Gasteiger partial charge is 0.348 e. The van der Waals surface area contributed by atoms with E-state index < -0.39 is 13.0 Å². The van der Waals surface area contributed by atoms with Crippen LogP contribution in [0.25, 0.3) is 10.8 Å². The lowest BCUT2D eigenvalue weighted by Gasteiger charge is -2.29. The molecule has 1 fully saturated rings. The van der Waals surface area contributed by atoms with Gasteiger partial charge >= 0.3 is 0 Å². The highest BCUT2D eigenvalue weighted by molar-refractivity contribution is 5.92. The Morgan fingerprint density at radius 1 is 1.17 bits per heavy atom. The average molecular weight is 401 g/mol. The molecule has 29 heavy (non-hydrogen) atoms. The summed E-state index contributed by atoms with van der Waals surface area (Å²) >= 11 is 0. The van der Waals surface area contributed by atoms with Crippen LogP contribution >= 0.6 is 0 Å². The standard InChI is InChI=1S/C20H21F2N5O2/c21-17(22)11-27-10-9-16(26-27)20(29)23-13-7-5-12(6-8-13)18-14-3-1-2-4-15(14)19(28)25-24-18/h1-4,9-10,12-13,17H,5-8,11H2,(H,23,29)(H,25,28)/t12-,13-. The minimum atomic E-state index is -2.52. The SMILES string of the molecule is O=C(N[C@H]1CC[C@H](c2n[nH]c(=O)c3ccccc32)CC1)c1ccn(CC(F)F)n1. The van der Waals surface area contributed by atoms with Gasteiger partial charge in [-0.25, -0.2) is 13.9 Å². The third-order valence-corrected chi connectivity index (χ3v) is 5.37. The Kier molecular flexibility index (Phi) is 5.37. The summed E-state index contributed by atoms with van der Waals surface area (Å²) in [6, 6.07) is 8.87. The van der Waals surface area contributed by atoms with E-state index in [2.05, 4.69) is 20.6 Å². The van der Waals surface area contributed by atoms with E-state index in [4.69, 9.17) is 0 Å². The Bertz CT molecular complexity index is 1070. The number of rotatable bonds is 5. The molecule has 0 atom stereocenters. The lowest BCUT2D eigenvalue weighted by molar-refractivity contribution is 0.0915. The first-order valence-corrected chi connectivity index (χ1v) is 9.61. The molecule has 0 radical (unpaired) electrons. The van der Waals surface area contributed by atoms with Crippen molar-refractivity contribution in [3.63, 3.8) is 0 Å². The number of H-pyrrole nitrogens is 1. The van der Waals surface area contributed by atoms with Crippen LogP contribution in [0.5, 0.6) is 0 Å². The Balaban J connectivity index is 1.39. The summed E-state index contributed by atoms with van der Waals surface area (Å²) in [6.07, 6.45) is 2.05. The first kappa shape index (κ1) is 19.2. The lowest BCUT2D eigenvalue weighted by atomic mass is 9.82. The molecule has 0 spiro atoms. The molecule has 4 rings (SSSR count). The number of nitrogens with zero attached hydrogens (tertiary/aromatic N) is 3. The van der Waals surface area contributed by atoms with Gasteiger partial charge in [0.1, 0.15) is 12.2 Å². The van der Waals surface area contributed by atoms with Gasteiger partial charge in [0, 0.05) is 23.5 Å². The predicted octanol–water partition coefficient (Wildman–Crippen LogP) is 2.84. The molecule has 1 aromatic carbocycles. The summed E-state index contributed by atoms with van der Waals surface area (Å²) in [5.74, 6) is -0.149. The number of amides is 1. The van der Waals surface area contributed by atoms with Gasteiger partial charge in [0.25, 0.3) is 17.9 Å². The van der Waals surface area contributed by atoms with Crippen LogP contribution in [0.15, 0.2) is 41.3 Å². The quantitative estimate of drug-likeness (QED) is 0.688. The van der Waals surface area contributed by atoms with Crippen LogP contribution in [-0.4, -0.2) is 38.4 Å². The van der Waals surface area contributed by atoms with E-state index in [1.807, 2.05) is 18.2 Å². The summed E-state index contributed by atoms with van der Waals surface area (Å²) in [5, 5.41) is 15.2. The highest BCUT2D eigenvalue weighted by atomic mass is 19.3. The third-order valence-electron chi connectivity index (χ3n) is 5.37. The van der Waals surface area contributed by atoms with Crippen molar-refractivity contribution in [2.45, 2.75) is 50.6 Å². The van der Waals surface area contributed by atoms with E-state index in [1.165, 1.54) is 12.3 Å². The van der Waals surface area contributed by atoms with Gasteiger partial charge in [0.15, 0.2) is 0 Å². The molecule has 152 valence electrons. The van der Waals surface area contributed by atoms with Gasteiger partial charge in [-0.15, -0.1) is 0 Å². The number of halogens is 2. The molecule has 3 aromatic rings. The van der Waals surface area contributed by atoms with E-state index in [-0.39, 0.29) is 29.1 Å². The van der Waals surface area contributed by atoms with Crippen LogP contribution in [-0.2, 0) is 6.54 Å². The molecular weight excluding hydrogens is 380 g/mol. The van der Waals surface area contributed by atoms with Gasteiger partial charge in [0.05, 0.1) is 11.1 Å². The summed E-state index contributed by atoms with van der Waals surface area (Å²) in [6.45, 7) is -0.529. The number of aromatic amines is 1. The van der Waals surface area contributed by atoms with Crippen LogP contribution in [0.3, 0.4) is 0 Å². The molecule has 2 N–H and O–H groups in total. The molecule has 9 heteroatoms. The minimum absolute atomic E-state index is 0.00646. The number of nitrogens with one attached hydrogen (secondary N) is 2. The van der Waals surface area contributed by atoms with Crippen molar-refractivity contribution in [3.05, 3.63) is 58.3 Å². The number of carbonyl (C=O) groups is 1. The number of aromatic nitrogens is 4. The second-order valence-corrected chi connectivity index (χ2v) is 7.32. The van der Waals surface area contributed by atoms with Crippen molar-refractivity contribution >= 4 is 16.7 Å². The molecule has 7 nitrogen and oxygen atoms in total. The van der Waals surface area contributed by atoms with Gasteiger partial charge in [-0.05, 0) is 37.8 Å². The molecule has 1 amide bonds. The number of hydrogen-bond donors (Lipinski definition) is 2. The number of benzene rings is 1. The Hall–Kier alpha value is -3.10. The summed E-state index contributed by atoms with van der Waals surface area (Å²) in [5.41, 5.74) is 0.827. The Morgan fingerprint density at radius 2 is 1.90 bits per heavy atom. The Morgan fingerprint density at radius 3 is 2.62 bits per heavy atom. The fourth-order valence-electron chi connectivity index (χ4n) is 3.94. The van der Waals surface area contributed by atoms with Crippen molar-refractivity contribution in [1.29, 1.82) is 0 Å². The molecule has 0 aliphatic heterocycles. The maximum absolute atomic E-state index is 12.4. The van der Waals surface area contributed by atoms with Gasteiger partial charge in [0.2, 0.25) is 0 Å². The zero-order valence-electron chi connectivity index (χ0n) is 15.6. The molecule has 1 aliphatic rings. The number of fused-ring (bicyclic) bond motifs is 1. The number of carbonyl (C=O) groups excluding carboxylic acids is 1. The van der Waals surface area contributed by atoms with Crippen molar-refractivity contribution in [1.82, 2.24) is 25.3 Å². The van der Waals surface area contributed by atoms with E-state index in [0.29, 0.717) is 5.39 Å². The summed E-state index contributed by atoms with van der Waals surface area (Å²) < 4.78 is 25.9. The third kappa shape index (κ3) is 4.18. The van der Waals surface area contributed by atoms with Crippen LogP contribution in [0.2, 0.25) is 0 Å². The lowest BCUT2D eigenvalue weighted by Crippen LogP contribution is -2.37. The molecule has 0 unspecified atom stereocenters. The van der Waals surface area contributed by atoms with Gasteiger partial charge < -0.3 is 5.32 Å². The zero-order chi connectivity index (χ0) is 20.4. The van der Waals surface area contributed by atoms with Crippen LogP contribution in [0.4, 0.5) is 8.78 Å². The fraction of sp³-hybridized carbons (Fsp3) is 0.400. The highest BCUT2D eigenvalue weighted by Gasteiger charge is 2.26. The van der Waals surface area contributed by atoms with Crippen molar-refractivity contribution in [2.24, 2.45) is 0 Å². The maximum Gasteiger partial charge on any atom is 0.272 e.